The fourth-order valence-electron chi connectivity index (χ4n) is 9.15. The van der Waals surface area contributed by atoms with Crippen LogP contribution in [0.3, 0.4) is 0 Å². The number of amides is 1. The molecule has 0 spiro atoms. The smallest absolute Gasteiger partial charge is 0.409 e. The number of hydrogen-bond donors (Lipinski definition) is 2. The molecule has 7 atom stereocenters. The lowest BCUT2D eigenvalue weighted by Crippen LogP contribution is -2.70. The highest BCUT2D eigenvalue weighted by Gasteiger charge is 2.65. The maximum atomic E-state index is 13.8. The van der Waals surface area contributed by atoms with E-state index in [2.05, 4.69) is 12.7 Å². The second-order valence-corrected chi connectivity index (χ2v) is 15.1. The predicted octanol–water partition coefficient (Wildman–Crippen LogP) is 7.93. The molecule has 2 N–H and O–H groups in total. The molecule has 56 heavy (non-hydrogen) atoms. The number of aliphatic hydroxyl groups is 2. The summed E-state index contributed by atoms with van der Waals surface area (Å²) in [5, 5.41) is 24.6. The number of carbonyl (C=O) groups excluding carboxylic acids is 2. The third-order valence-electron chi connectivity index (χ3n) is 11.5. The number of aldehydes is 1. The van der Waals surface area contributed by atoms with E-state index < -0.39 is 30.1 Å². The predicted molar refractivity (Wildman–Crippen MR) is 211 cm³/mol. The Morgan fingerprint density at radius 3 is 2.59 bits per heavy atom. The average Bonchev–Trinajstić information content (AvgIpc) is 3.23. The van der Waals surface area contributed by atoms with Gasteiger partial charge in [-0.05, 0) is 92.7 Å². The number of allylic oxidation sites excluding steroid dienone is 1. The first-order chi connectivity index (χ1) is 27.4. The van der Waals surface area contributed by atoms with Crippen LogP contribution in [0.2, 0.25) is 0 Å². The van der Waals surface area contributed by atoms with Gasteiger partial charge >= 0.3 is 6.09 Å². The fraction of sp³-hybridized carbons (Fsp3) is 0.568. The van der Waals surface area contributed by atoms with Crippen molar-refractivity contribution in [2.75, 3.05) is 40.1 Å². The van der Waals surface area contributed by atoms with Crippen molar-refractivity contribution >= 4 is 18.1 Å². The van der Waals surface area contributed by atoms with Gasteiger partial charge in [0.25, 0.3) is 0 Å². The number of unbranched alkanes of at least 4 members (excludes halogenated alkanes) is 2. The van der Waals surface area contributed by atoms with Gasteiger partial charge in [-0.1, -0.05) is 49.2 Å². The van der Waals surface area contributed by atoms with E-state index >= 15 is 0 Å². The SMILES string of the molecule is C=CCOC12Oc3ccc(Oc4cccc(C=O)c4)cc3C3C(CCCCO)C(CCCCO)C=C(C(=NOC4CCCCO4)CC1N(CCC)C(=O)OC)C32. The molecule has 304 valence electrons. The van der Waals surface area contributed by atoms with E-state index in [1.54, 1.807) is 29.2 Å². The van der Waals surface area contributed by atoms with Crippen LogP contribution in [0.5, 0.6) is 17.2 Å². The van der Waals surface area contributed by atoms with E-state index in [9.17, 15) is 19.8 Å². The second kappa shape index (κ2) is 19.8. The van der Waals surface area contributed by atoms with Crippen molar-refractivity contribution in [1.29, 1.82) is 0 Å². The summed E-state index contributed by atoms with van der Waals surface area (Å²) < 4.78 is 31.9. The zero-order chi connectivity index (χ0) is 39.5. The normalized spacial score (nSPS) is 27.2. The van der Waals surface area contributed by atoms with E-state index in [-0.39, 0.29) is 44.0 Å². The highest BCUT2D eigenvalue weighted by molar-refractivity contribution is 6.03. The number of hydrogen-bond acceptors (Lipinski definition) is 11. The minimum atomic E-state index is -1.38. The van der Waals surface area contributed by atoms with Gasteiger partial charge in [-0.25, -0.2) is 4.79 Å². The maximum Gasteiger partial charge on any atom is 0.409 e. The highest BCUT2D eigenvalue weighted by Crippen LogP contribution is 2.62. The van der Waals surface area contributed by atoms with Gasteiger partial charge < -0.3 is 38.7 Å². The number of rotatable bonds is 19. The molecule has 2 fully saturated rings. The number of ether oxygens (including phenoxy) is 5. The maximum absolute atomic E-state index is 13.8. The monoisotopic (exact) mass is 774 g/mol. The minimum Gasteiger partial charge on any atom is -0.459 e. The lowest BCUT2D eigenvalue weighted by atomic mass is 9.55. The first-order valence-corrected chi connectivity index (χ1v) is 20.3. The Bertz CT molecular complexity index is 1710. The quantitative estimate of drug-likeness (QED) is 0.0625. The molecular formula is C44H58N2O10. The number of fused-ring (bicyclic) bond motifs is 2. The highest BCUT2D eigenvalue weighted by atomic mass is 16.8. The molecule has 1 saturated heterocycles. The molecule has 2 aromatic carbocycles. The molecule has 4 aliphatic rings. The van der Waals surface area contributed by atoms with Crippen LogP contribution in [-0.4, -0.2) is 91.4 Å². The summed E-state index contributed by atoms with van der Waals surface area (Å²) >= 11 is 0. The van der Waals surface area contributed by atoms with Crippen molar-refractivity contribution in [3.05, 3.63) is 77.9 Å². The topological polar surface area (TPSA) is 146 Å². The minimum absolute atomic E-state index is 0.0531. The number of aliphatic hydroxyl groups excluding tert-OH is 2. The molecule has 12 heteroatoms. The van der Waals surface area contributed by atoms with E-state index in [4.69, 9.17) is 33.7 Å². The van der Waals surface area contributed by atoms with E-state index in [1.807, 2.05) is 31.2 Å². The largest absolute Gasteiger partial charge is 0.459 e. The zero-order valence-electron chi connectivity index (χ0n) is 32.8. The summed E-state index contributed by atoms with van der Waals surface area (Å²) in [5.41, 5.74) is 3.08. The van der Waals surface area contributed by atoms with Crippen molar-refractivity contribution in [3.63, 3.8) is 0 Å². The third kappa shape index (κ3) is 8.99. The zero-order valence-corrected chi connectivity index (χ0v) is 32.8. The van der Waals surface area contributed by atoms with Crippen molar-refractivity contribution in [1.82, 2.24) is 4.90 Å². The van der Waals surface area contributed by atoms with Gasteiger partial charge in [0, 0.05) is 49.6 Å². The van der Waals surface area contributed by atoms with Crippen LogP contribution in [-0.2, 0) is 19.0 Å². The lowest BCUT2D eigenvalue weighted by molar-refractivity contribution is -0.255. The summed E-state index contributed by atoms with van der Waals surface area (Å²) in [7, 11) is 1.38. The molecule has 2 aliphatic heterocycles. The van der Waals surface area contributed by atoms with Crippen molar-refractivity contribution in [2.24, 2.45) is 22.9 Å². The first-order valence-electron chi connectivity index (χ1n) is 20.3. The van der Waals surface area contributed by atoms with Crippen molar-refractivity contribution < 1.29 is 48.3 Å². The Hall–Kier alpha value is -4.23. The van der Waals surface area contributed by atoms with Gasteiger partial charge in [0.05, 0.1) is 32.0 Å². The first kappa shape index (κ1) is 41.4. The molecule has 1 amide bonds. The summed E-state index contributed by atoms with van der Waals surface area (Å²) in [6.45, 7) is 7.35. The summed E-state index contributed by atoms with van der Waals surface area (Å²) in [5.74, 6) is -0.203. The van der Waals surface area contributed by atoms with Gasteiger partial charge in [-0.3, -0.25) is 9.69 Å². The molecule has 0 aromatic heterocycles. The number of oxime groups is 1. The fourth-order valence-corrected chi connectivity index (χ4v) is 9.15. The Balaban J connectivity index is 1.57. The van der Waals surface area contributed by atoms with Crippen molar-refractivity contribution in [2.45, 2.75) is 102 Å². The van der Waals surface area contributed by atoms with Crippen LogP contribution in [0.15, 0.2) is 71.9 Å². The van der Waals surface area contributed by atoms with Gasteiger partial charge in [0.1, 0.15) is 29.6 Å². The molecule has 1 saturated carbocycles. The molecule has 2 aromatic rings. The van der Waals surface area contributed by atoms with Crippen LogP contribution < -0.4 is 9.47 Å². The average molecular weight is 775 g/mol. The second-order valence-electron chi connectivity index (χ2n) is 15.1. The molecule has 0 radical (unpaired) electrons. The number of methoxy groups -OCH3 is 1. The van der Waals surface area contributed by atoms with Crippen LogP contribution in [0.25, 0.3) is 0 Å². The van der Waals surface area contributed by atoms with E-state index in [0.29, 0.717) is 60.9 Å². The number of carbonyl (C=O) groups is 2. The van der Waals surface area contributed by atoms with Gasteiger partial charge in [-0.15, -0.1) is 6.58 Å². The molecule has 2 heterocycles. The summed E-state index contributed by atoms with van der Waals surface area (Å²) in [6, 6.07) is 12.1. The van der Waals surface area contributed by atoms with Crippen LogP contribution in [0.1, 0.15) is 99.4 Å². The lowest BCUT2D eigenvalue weighted by Gasteiger charge is -2.59. The van der Waals surface area contributed by atoms with Crippen LogP contribution in [0.4, 0.5) is 4.79 Å². The summed E-state index contributed by atoms with van der Waals surface area (Å²) in [4.78, 5) is 33.3. The molecule has 2 aliphatic carbocycles. The number of benzene rings is 2. The van der Waals surface area contributed by atoms with Gasteiger partial charge in [0.2, 0.25) is 12.1 Å². The Morgan fingerprint density at radius 1 is 1.07 bits per heavy atom. The molecule has 12 nitrogen and oxygen atoms in total. The molecular weight excluding hydrogens is 716 g/mol. The molecule has 7 unspecified atom stereocenters. The Morgan fingerprint density at radius 2 is 1.88 bits per heavy atom. The Labute approximate surface area is 330 Å². The number of nitrogens with zero attached hydrogens (tertiary/aromatic N) is 2. The van der Waals surface area contributed by atoms with E-state index in [1.165, 1.54) is 7.11 Å². The Kier molecular flexibility index (Phi) is 14.6. The van der Waals surface area contributed by atoms with Crippen LogP contribution >= 0.6 is 0 Å². The molecule has 6 rings (SSSR count). The van der Waals surface area contributed by atoms with E-state index in [0.717, 1.165) is 62.4 Å². The van der Waals surface area contributed by atoms with Crippen molar-refractivity contribution in [3.8, 4) is 17.2 Å². The molecule has 0 bridgehead atoms. The van der Waals surface area contributed by atoms with Gasteiger partial charge in [0.15, 0.2) is 0 Å². The van der Waals surface area contributed by atoms with Gasteiger partial charge in [-0.2, -0.15) is 0 Å². The standard InChI is InChI=1S/C44H58N2O10/c1-4-20-46(43(50)51-3)39-28-37(45-56-40-17-8-11-24-52-40)35-26-31(14-6-9-21-47)34(16-7-10-22-48)41-36-27-33(54-32-15-12-13-30(25-32)29-49)18-19-38(36)55-44(39,42(35)41)53-23-5-2/h5,12-13,15,18-19,25-27,29,31,34,39-42,47-48H,2,4,6-11,14,16-17,20-24,28H2,1,3H3. The third-order valence-corrected chi connectivity index (χ3v) is 11.5. The summed E-state index contributed by atoms with van der Waals surface area (Å²) in [6.07, 6.45) is 12.0. The van der Waals surface area contributed by atoms with Crippen LogP contribution in [0, 0.1) is 17.8 Å².